The second-order valence-electron chi connectivity index (χ2n) is 13.6. The maximum Gasteiger partial charge on any atom is 0.303 e. The van der Waals surface area contributed by atoms with Gasteiger partial charge in [0.05, 0.1) is 28.9 Å². The Kier molecular flexibility index (Phi) is 7.64. The Morgan fingerprint density at radius 3 is 2.38 bits per heavy atom. The lowest BCUT2D eigenvalue weighted by Gasteiger charge is -2.50. The lowest BCUT2D eigenvalue weighted by molar-refractivity contribution is -0.142. The number of benzene rings is 4. The number of anilines is 1. The van der Waals surface area contributed by atoms with Crippen LogP contribution in [0.3, 0.4) is 0 Å². The maximum absolute atomic E-state index is 15.4. The second kappa shape index (κ2) is 11.9. The highest BCUT2D eigenvalue weighted by molar-refractivity contribution is 6.32. The number of imide groups is 2. The summed E-state index contributed by atoms with van der Waals surface area (Å²) in [5.74, 6) is -6.56. The summed E-state index contributed by atoms with van der Waals surface area (Å²) in [6, 6.07) is 26.8. The third kappa shape index (κ3) is 4.56. The molecule has 6 unspecified atom stereocenters. The number of hydrogen-bond acceptors (Lipinski definition) is 6. The number of carbonyl (C=O) groups excluding carboxylic acids is 4. The van der Waals surface area contributed by atoms with E-state index in [1.165, 1.54) is 9.80 Å². The van der Waals surface area contributed by atoms with E-state index >= 15 is 4.79 Å². The Hall–Kier alpha value is -5.28. The van der Waals surface area contributed by atoms with E-state index in [1.807, 2.05) is 60.7 Å². The molecule has 50 heavy (non-hydrogen) atoms. The number of rotatable bonds is 7. The van der Waals surface area contributed by atoms with Gasteiger partial charge in [0, 0.05) is 34.9 Å². The average Bonchev–Trinajstić information content (AvgIpc) is 3.49. The van der Waals surface area contributed by atoms with Gasteiger partial charge in [0.2, 0.25) is 23.6 Å². The summed E-state index contributed by atoms with van der Waals surface area (Å²) in [6.07, 6.45) is 2.25. The zero-order chi connectivity index (χ0) is 34.9. The standard InChI is InChI=1S/C40H33ClN2O7/c41-24-11-6-12-25(20-24)43-37(48)31-21-30-27(17-18-28-33(30)38(49)42(36(28)47)19-7-14-32(44)45)34(40(31,39(43)50)23-9-2-1-3-10-23)29-16-15-22-8-4-5-13-26(22)35(29)46/h1-6,8-13,15-17,20,28,30-31,33-34,46H,7,14,18-19,21H2,(H,44,45). The van der Waals surface area contributed by atoms with Crippen molar-refractivity contribution in [2.24, 2.45) is 23.7 Å². The van der Waals surface area contributed by atoms with Gasteiger partial charge in [-0.15, -0.1) is 0 Å². The van der Waals surface area contributed by atoms with Crippen LogP contribution in [0.5, 0.6) is 5.75 Å². The lowest BCUT2D eigenvalue weighted by Crippen LogP contribution is -2.53. The molecule has 8 rings (SSSR count). The first kappa shape index (κ1) is 32.0. The number of aliphatic carboxylic acids is 1. The quantitative estimate of drug-likeness (QED) is 0.174. The van der Waals surface area contributed by atoms with Crippen molar-refractivity contribution in [2.75, 3.05) is 11.4 Å². The summed E-state index contributed by atoms with van der Waals surface area (Å²) in [4.78, 5) is 71.7. The van der Waals surface area contributed by atoms with Crippen molar-refractivity contribution in [2.45, 2.75) is 37.0 Å². The Balaban J connectivity index is 1.36. The molecule has 3 fully saturated rings. The molecular formula is C40H33ClN2O7. The number of carboxylic acid groups (broad SMARTS) is 1. The molecular weight excluding hydrogens is 656 g/mol. The molecule has 2 aliphatic heterocycles. The molecule has 10 heteroatoms. The van der Waals surface area contributed by atoms with Crippen LogP contribution in [0.4, 0.5) is 5.69 Å². The number of phenols is 1. The fraction of sp³-hybridized carbons (Fsp3) is 0.275. The number of fused-ring (bicyclic) bond motifs is 5. The zero-order valence-corrected chi connectivity index (χ0v) is 27.6. The molecule has 0 spiro atoms. The van der Waals surface area contributed by atoms with Crippen LogP contribution in [0.1, 0.15) is 42.7 Å². The first-order valence-electron chi connectivity index (χ1n) is 16.8. The Morgan fingerprint density at radius 2 is 1.62 bits per heavy atom. The first-order chi connectivity index (χ1) is 24.1. The van der Waals surface area contributed by atoms with Gasteiger partial charge in [0.25, 0.3) is 0 Å². The highest BCUT2D eigenvalue weighted by Gasteiger charge is 2.70. The molecule has 252 valence electrons. The molecule has 2 heterocycles. The smallest absolute Gasteiger partial charge is 0.303 e. The van der Waals surface area contributed by atoms with Crippen molar-refractivity contribution in [3.8, 4) is 5.75 Å². The molecule has 9 nitrogen and oxygen atoms in total. The zero-order valence-electron chi connectivity index (χ0n) is 26.9. The molecule has 0 radical (unpaired) electrons. The molecule has 2 N–H and O–H groups in total. The number of phenolic OH excluding ortho intramolecular Hbond substituents is 1. The minimum absolute atomic E-state index is 0.00868. The van der Waals surface area contributed by atoms with E-state index < -0.39 is 58.7 Å². The lowest BCUT2D eigenvalue weighted by atomic mass is 9.49. The van der Waals surface area contributed by atoms with Crippen molar-refractivity contribution in [1.29, 1.82) is 0 Å². The number of carboxylic acids is 1. The summed E-state index contributed by atoms with van der Waals surface area (Å²) in [5.41, 5.74) is 0.611. The summed E-state index contributed by atoms with van der Waals surface area (Å²) >= 11 is 6.38. The van der Waals surface area contributed by atoms with Crippen molar-refractivity contribution in [1.82, 2.24) is 4.90 Å². The number of nitrogens with zero attached hydrogens (tertiary/aromatic N) is 2. The average molecular weight is 689 g/mol. The van der Waals surface area contributed by atoms with Crippen molar-refractivity contribution in [3.05, 3.63) is 119 Å². The van der Waals surface area contributed by atoms with Gasteiger partial charge in [-0.3, -0.25) is 28.9 Å². The summed E-state index contributed by atoms with van der Waals surface area (Å²) in [7, 11) is 0. The SMILES string of the molecule is O=C(O)CCCN1C(=O)C2CC=C3C(CC4C(=O)N(c5cccc(Cl)c5)C(=O)C4(c4ccccc4)C3c3ccc4ccccc4c3O)C2C1=O. The monoisotopic (exact) mass is 688 g/mol. The van der Waals surface area contributed by atoms with Crippen molar-refractivity contribution < 1.29 is 34.2 Å². The summed E-state index contributed by atoms with van der Waals surface area (Å²) in [5, 5.41) is 23.0. The van der Waals surface area contributed by atoms with Gasteiger partial charge in [-0.1, -0.05) is 96.0 Å². The van der Waals surface area contributed by atoms with Crippen LogP contribution in [0.25, 0.3) is 10.8 Å². The fourth-order valence-corrected chi connectivity index (χ4v) is 9.45. The van der Waals surface area contributed by atoms with Crippen LogP contribution in [-0.4, -0.2) is 51.3 Å². The molecule has 6 atom stereocenters. The van der Waals surface area contributed by atoms with E-state index in [4.69, 9.17) is 11.6 Å². The van der Waals surface area contributed by atoms with E-state index in [1.54, 1.807) is 36.4 Å². The summed E-state index contributed by atoms with van der Waals surface area (Å²) in [6.45, 7) is -0.00868. The van der Waals surface area contributed by atoms with Crippen molar-refractivity contribution >= 4 is 57.7 Å². The number of amides is 4. The number of halogens is 1. The van der Waals surface area contributed by atoms with Gasteiger partial charge in [0.15, 0.2) is 0 Å². The molecule has 4 amide bonds. The van der Waals surface area contributed by atoms with E-state index in [9.17, 15) is 29.4 Å². The van der Waals surface area contributed by atoms with Gasteiger partial charge in [0.1, 0.15) is 5.75 Å². The van der Waals surface area contributed by atoms with E-state index in [0.717, 1.165) is 11.0 Å². The number of carbonyl (C=O) groups is 5. The molecule has 1 saturated carbocycles. The molecule has 0 aromatic heterocycles. The van der Waals surface area contributed by atoms with Crippen molar-refractivity contribution in [3.63, 3.8) is 0 Å². The highest BCUT2D eigenvalue weighted by Crippen LogP contribution is 2.65. The van der Waals surface area contributed by atoms with Crippen LogP contribution in [0.15, 0.2) is 103 Å². The highest BCUT2D eigenvalue weighted by atomic mass is 35.5. The number of allylic oxidation sites excluding steroid dienone is 2. The normalized spacial score (nSPS) is 27.3. The number of aromatic hydroxyl groups is 1. The minimum atomic E-state index is -1.51. The summed E-state index contributed by atoms with van der Waals surface area (Å²) < 4.78 is 0. The molecule has 4 aromatic rings. The third-order valence-electron chi connectivity index (χ3n) is 11.3. The second-order valence-corrected chi connectivity index (χ2v) is 14.1. The van der Waals surface area contributed by atoms with Gasteiger partial charge >= 0.3 is 5.97 Å². The minimum Gasteiger partial charge on any atom is -0.507 e. The predicted octanol–water partition coefficient (Wildman–Crippen LogP) is 6.23. The molecule has 0 bridgehead atoms. The topological polar surface area (TPSA) is 132 Å². The van der Waals surface area contributed by atoms with Crippen LogP contribution in [0, 0.1) is 23.7 Å². The molecule has 4 aromatic carbocycles. The van der Waals surface area contributed by atoms with E-state index in [2.05, 4.69) is 0 Å². The molecule has 2 saturated heterocycles. The van der Waals surface area contributed by atoms with Crippen LogP contribution >= 0.6 is 11.6 Å². The molecule has 2 aliphatic carbocycles. The predicted molar refractivity (Wildman–Crippen MR) is 185 cm³/mol. The fourth-order valence-electron chi connectivity index (χ4n) is 9.27. The Bertz CT molecular complexity index is 2150. The third-order valence-corrected chi connectivity index (χ3v) is 11.5. The number of hydrogen-bond donors (Lipinski definition) is 2. The first-order valence-corrected chi connectivity index (χ1v) is 17.2. The van der Waals surface area contributed by atoms with Gasteiger partial charge < -0.3 is 10.2 Å². The van der Waals surface area contributed by atoms with Crippen LogP contribution in [-0.2, 0) is 29.4 Å². The van der Waals surface area contributed by atoms with Gasteiger partial charge in [-0.25, -0.2) is 4.90 Å². The number of likely N-dealkylation sites (tertiary alicyclic amines) is 1. The largest absolute Gasteiger partial charge is 0.507 e. The van der Waals surface area contributed by atoms with E-state index in [-0.39, 0.29) is 43.9 Å². The van der Waals surface area contributed by atoms with Crippen LogP contribution < -0.4 is 4.90 Å². The molecule has 4 aliphatic rings. The van der Waals surface area contributed by atoms with E-state index in [0.29, 0.717) is 27.2 Å². The maximum atomic E-state index is 15.4. The Labute approximate surface area is 292 Å². The van der Waals surface area contributed by atoms with Crippen LogP contribution in [0.2, 0.25) is 5.02 Å². The van der Waals surface area contributed by atoms with Gasteiger partial charge in [-0.2, -0.15) is 0 Å². The van der Waals surface area contributed by atoms with Gasteiger partial charge in [-0.05, 0) is 54.3 Å². The Morgan fingerprint density at radius 1 is 0.860 bits per heavy atom.